The fourth-order valence-corrected chi connectivity index (χ4v) is 4.10. The molecule has 2 aliphatic rings. The predicted octanol–water partition coefficient (Wildman–Crippen LogP) is 3.79. The number of hydrogen-bond acceptors (Lipinski definition) is 2. The highest BCUT2D eigenvalue weighted by Crippen LogP contribution is 2.55. The third kappa shape index (κ3) is 2.55. The Morgan fingerprint density at radius 1 is 1.30 bits per heavy atom. The van der Waals surface area contributed by atoms with Crippen LogP contribution in [0.2, 0.25) is 0 Å². The summed E-state index contributed by atoms with van der Waals surface area (Å²) in [7, 11) is 0. The summed E-state index contributed by atoms with van der Waals surface area (Å²) in [6, 6.07) is 2.50. The number of carbonyl (C=O) groups excluding carboxylic acids is 1. The molecule has 2 unspecified atom stereocenters. The maximum atomic E-state index is 12.4. The molecule has 0 saturated heterocycles. The van der Waals surface area contributed by atoms with Gasteiger partial charge in [0.1, 0.15) is 5.78 Å². The van der Waals surface area contributed by atoms with E-state index in [-0.39, 0.29) is 0 Å². The Morgan fingerprint density at radius 3 is 2.55 bits per heavy atom. The van der Waals surface area contributed by atoms with Gasteiger partial charge in [-0.1, -0.05) is 26.7 Å². The molecule has 0 amide bonds. The molecule has 0 bridgehead atoms. The monoisotopic (exact) mass is 274 g/mol. The fraction of sp³-hybridized carbons (Fsp3) is 0.765. The highest BCUT2D eigenvalue weighted by Gasteiger charge is 2.54. The van der Waals surface area contributed by atoms with Crippen LogP contribution in [0.25, 0.3) is 0 Å². The van der Waals surface area contributed by atoms with Crippen LogP contribution in [-0.2, 0) is 11.2 Å². The molecule has 2 atom stereocenters. The number of nitrogens with zero attached hydrogens (tertiary/aromatic N) is 2. The lowest BCUT2D eigenvalue weighted by molar-refractivity contribution is -0.120. The van der Waals surface area contributed by atoms with Crippen LogP contribution in [0.3, 0.4) is 0 Å². The minimum atomic E-state index is 0.371. The van der Waals surface area contributed by atoms with Gasteiger partial charge in [-0.05, 0) is 43.6 Å². The van der Waals surface area contributed by atoms with E-state index in [1.165, 1.54) is 25.7 Å². The molecule has 3 rings (SSSR count). The van der Waals surface area contributed by atoms with Gasteiger partial charge in [0, 0.05) is 12.1 Å². The van der Waals surface area contributed by atoms with Crippen molar-refractivity contribution in [3.63, 3.8) is 0 Å². The molecule has 2 aliphatic carbocycles. The van der Waals surface area contributed by atoms with Gasteiger partial charge in [0.2, 0.25) is 0 Å². The molecule has 0 spiro atoms. The SMILES string of the molecule is CCC(CC)n1ccc(CC(=O)C2C3CCCCC32)n1. The molecule has 110 valence electrons. The standard InChI is InChI=1S/C17H26N2O/c1-3-13(4-2)19-10-9-12(18-19)11-16(20)17-14-7-5-6-8-15(14)17/h9-10,13-15,17H,3-8,11H2,1-2H3. The molecule has 3 nitrogen and oxygen atoms in total. The Kier molecular flexibility index (Phi) is 3.95. The molecule has 2 saturated carbocycles. The zero-order chi connectivity index (χ0) is 14.1. The largest absolute Gasteiger partial charge is 0.299 e. The second kappa shape index (κ2) is 5.71. The Balaban J connectivity index is 1.59. The lowest BCUT2D eigenvalue weighted by Crippen LogP contribution is -2.11. The van der Waals surface area contributed by atoms with Gasteiger partial charge in [-0.15, -0.1) is 0 Å². The molecule has 0 N–H and O–H groups in total. The second-order valence-electron chi connectivity index (χ2n) is 6.54. The third-order valence-corrected chi connectivity index (χ3v) is 5.36. The summed E-state index contributed by atoms with van der Waals surface area (Å²) >= 11 is 0. The van der Waals surface area contributed by atoms with E-state index in [0.29, 0.717) is 24.2 Å². The normalized spacial score (nSPS) is 28.4. The summed E-state index contributed by atoms with van der Waals surface area (Å²) < 4.78 is 2.04. The summed E-state index contributed by atoms with van der Waals surface area (Å²) in [6.07, 6.45) is 10.00. The first-order valence-electron chi connectivity index (χ1n) is 8.31. The molecule has 2 fully saturated rings. The molecular formula is C17H26N2O. The molecule has 0 aromatic carbocycles. The van der Waals surface area contributed by atoms with Crippen molar-refractivity contribution >= 4 is 5.78 Å². The van der Waals surface area contributed by atoms with Gasteiger partial charge in [0.15, 0.2) is 0 Å². The lowest BCUT2D eigenvalue weighted by atomic mass is 10.0. The van der Waals surface area contributed by atoms with Crippen molar-refractivity contribution in [1.82, 2.24) is 9.78 Å². The summed E-state index contributed by atoms with van der Waals surface area (Å²) in [6.45, 7) is 4.38. The third-order valence-electron chi connectivity index (χ3n) is 5.36. The van der Waals surface area contributed by atoms with Gasteiger partial charge < -0.3 is 0 Å². The highest BCUT2D eigenvalue weighted by atomic mass is 16.1. The Hall–Kier alpha value is -1.12. The molecule has 1 heterocycles. The Labute approximate surface area is 121 Å². The van der Waals surface area contributed by atoms with Crippen molar-refractivity contribution in [2.24, 2.45) is 17.8 Å². The van der Waals surface area contributed by atoms with Gasteiger partial charge in [-0.2, -0.15) is 5.10 Å². The number of aromatic nitrogens is 2. The van der Waals surface area contributed by atoms with Gasteiger partial charge in [-0.3, -0.25) is 9.48 Å². The van der Waals surface area contributed by atoms with Crippen molar-refractivity contribution in [2.75, 3.05) is 0 Å². The zero-order valence-electron chi connectivity index (χ0n) is 12.7. The van der Waals surface area contributed by atoms with Crippen LogP contribution in [0, 0.1) is 17.8 Å². The van der Waals surface area contributed by atoms with Gasteiger partial charge in [-0.25, -0.2) is 0 Å². The van der Waals surface area contributed by atoms with E-state index in [1.54, 1.807) is 0 Å². The average molecular weight is 274 g/mol. The summed E-state index contributed by atoms with van der Waals surface area (Å²) in [4.78, 5) is 12.4. The van der Waals surface area contributed by atoms with E-state index in [0.717, 1.165) is 30.4 Å². The van der Waals surface area contributed by atoms with Crippen LogP contribution < -0.4 is 0 Å². The summed E-state index contributed by atoms with van der Waals surface area (Å²) in [5.74, 6) is 2.25. The number of hydrogen-bond donors (Lipinski definition) is 0. The van der Waals surface area contributed by atoms with E-state index in [9.17, 15) is 4.79 Å². The minimum Gasteiger partial charge on any atom is -0.299 e. The molecule has 1 aromatic heterocycles. The van der Waals surface area contributed by atoms with E-state index >= 15 is 0 Å². The van der Waals surface area contributed by atoms with Gasteiger partial charge in [0.25, 0.3) is 0 Å². The molecule has 20 heavy (non-hydrogen) atoms. The van der Waals surface area contributed by atoms with Crippen molar-refractivity contribution < 1.29 is 4.79 Å². The van der Waals surface area contributed by atoms with Crippen LogP contribution in [0.15, 0.2) is 12.3 Å². The number of rotatable bonds is 6. The summed E-state index contributed by atoms with van der Waals surface area (Å²) in [5.41, 5.74) is 0.963. The van der Waals surface area contributed by atoms with Crippen molar-refractivity contribution in [3.8, 4) is 0 Å². The molecule has 1 aromatic rings. The molecule has 0 aliphatic heterocycles. The predicted molar refractivity (Wildman–Crippen MR) is 79.5 cm³/mol. The number of carbonyl (C=O) groups is 1. The number of ketones is 1. The highest BCUT2D eigenvalue weighted by molar-refractivity contribution is 5.86. The van der Waals surface area contributed by atoms with Gasteiger partial charge >= 0.3 is 0 Å². The maximum Gasteiger partial charge on any atom is 0.142 e. The molecular weight excluding hydrogens is 248 g/mol. The number of fused-ring (bicyclic) bond motifs is 1. The average Bonchev–Trinajstić information content (AvgIpc) is 3.04. The van der Waals surface area contributed by atoms with Crippen LogP contribution in [0.5, 0.6) is 0 Å². The van der Waals surface area contributed by atoms with Crippen LogP contribution in [-0.4, -0.2) is 15.6 Å². The quantitative estimate of drug-likeness (QED) is 0.791. The lowest BCUT2D eigenvalue weighted by Gasteiger charge is -2.12. The first-order valence-corrected chi connectivity index (χ1v) is 8.31. The number of Topliss-reactive ketones (excluding diaryl/α,β-unsaturated/α-hetero) is 1. The van der Waals surface area contributed by atoms with E-state index < -0.39 is 0 Å². The van der Waals surface area contributed by atoms with E-state index in [4.69, 9.17) is 0 Å². The van der Waals surface area contributed by atoms with Crippen molar-refractivity contribution in [3.05, 3.63) is 18.0 Å². The Morgan fingerprint density at radius 2 is 1.95 bits per heavy atom. The van der Waals surface area contributed by atoms with Crippen LogP contribution in [0.1, 0.15) is 64.1 Å². The Bertz CT molecular complexity index is 463. The molecule has 0 radical (unpaired) electrons. The van der Waals surface area contributed by atoms with Crippen LogP contribution in [0.4, 0.5) is 0 Å². The maximum absolute atomic E-state index is 12.4. The van der Waals surface area contributed by atoms with Crippen molar-refractivity contribution in [2.45, 2.75) is 64.8 Å². The zero-order valence-corrected chi connectivity index (χ0v) is 12.7. The first kappa shape index (κ1) is 13.8. The fourth-order valence-electron chi connectivity index (χ4n) is 4.10. The second-order valence-corrected chi connectivity index (χ2v) is 6.54. The van der Waals surface area contributed by atoms with Gasteiger partial charge in [0.05, 0.1) is 18.2 Å². The van der Waals surface area contributed by atoms with E-state index in [2.05, 4.69) is 18.9 Å². The van der Waals surface area contributed by atoms with Crippen LogP contribution >= 0.6 is 0 Å². The van der Waals surface area contributed by atoms with Crippen molar-refractivity contribution in [1.29, 1.82) is 0 Å². The molecule has 3 heteroatoms. The smallest absolute Gasteiger partial charge is 0.142 e. The van der Waals surface area contributed by atoms with E-state index in [1.807, 2.05) is 16.9 Å². The minimum absolute atomic E-state index is 0.371. The topological polar surface area (TPSA) is 34.9 Å². The first-order chi connectivity index (χ1) is 9.74. The summed E-state index contributed by atoms with van der Waals surface area (Å²) in [5, 5.41) is 4.62.